The summed E-state index contributed by atoms with van der Waals surface area (Å²) >= 11 is 0. The zero-order valence-corrected chi connectivity index (χ0v) is 11.9. The average molecular weight is 254 g/mol. The summed E-state index contributed by atoms with van der Waals surface area (Å²) in [6.07, 6.45) is 0.301. The molecule has 0 aliphatic heterocycles. The molecule has 2 N–H and O–H groups in total. The summed E-state index contributed by atoms with van der Waals surface area (Å²) in [6.45, 7) is 4.31. The van der Waals surface area contributed by atoms with Crippen LogP contribution in [0.2, 0.25) is 0 Å². The maximum Gasteiger partial charge on any atom is 0.0544 e. The van der Waals surface area contributed by atoms with Crippen LogP contribution in [0.5, 0.6) is 0 Å². The van der Waals surface area contributed by atoms with Crippen LogP contribution in [0.1, 0.15) is 25.5 Å². The molecule has 2 rings (SSSR count). The Morgan fingerprint density at radius 1 is 0.842 bits per heavy atom. The quantitative estimate of drug-likeness (QED) is 0.797. The lowest BCUT2D eigenvalue weighted by atomic mass is 10.00. The van der Waals surface area contributed by atoms with Crippen molar-refractivity contribution in [1.82, 2.24) is 10.6 Å². The molecule has 0 fully saturated rings. The molecule has 0 aliphatic rings. The Kier molecular flexibility index (Phi) is 4.72. The molecule has 2 aromatic rings. The summed E-state index contributed by atoms with van der Waals surface area (Å²) in [5.74, 6) is 0. The SMILES string of the molecule is CNC(C)NC(C)c1cccc(-c2ccccc2)c1. The predicted molar refractivity (Wildman–Crippen MR) is 82.0 cm³/mol. The molecule has 0 aromatic heterocycles. The number of nitrogens with one attached hydrogen (secondary N) is 2. The van der Waals surface area contributed by atoms with Crippen molar-refractivity contribution in [2.45, 2.75) is 26.1 Å². The van der Waals surface area contributed by atoms with Gasteiger partial charge in [0.1, 0.15) is 0 Å². The van der Waals surface area contributed by atoms with Gasteiger partial charge in [0, 0.05) is 6.04 Å². The van der Waals surface area contributed by atoms with Gasteiger partial charge < -0.3 is 5.32 Å². The molecule has 2 heteroatoms. The molecule has 2 unspecified atom stereocenters. The molecule has 2 aromatic carbocycles. The highest BCUT2D eigenvalue weighted by atomic mass is 15.1. The molecule has 0 spiro atoms. The van der Waals surface area contributed by atoms with Gasteiger partial charge in [0.05, 0.1) is 6.17 Å². The zero-order chi connectivity index (χ0) is 13.7. The van der Waals surface area contributed by atoms with Crippen molar-refractivity contribution in [3.05, 3.63) is 60.2 Å². The van der Waals surface area contributed by atoms with Crippen molar-refractivity contribution in [2.24, 2.45) is 0 Å². The summed E-state index contributed by atoms with van der Waals surface area (Å²) in [6, 6.07) is 19.5. The molecule has 0 bridgehead atoms. The standard InChI is InChI=1S/C17H22N2/c1-13(19-14(2)18-3)16-10-7-11-17(12-16)15-8-5-4-6-9-15/h4-14,18-19H,1-3H3. The molecule has 19 heavy (non-hydrogen) atoms. The van der Waals surface area contributed by atoms with Crippen molar-refractivity contribution >= 4 is 0 Å². The normalized spacial score (nSPS) is 14.1. The fourth-order valence-electron chi connectivity index (χ4n) is 2.17. The van der Waals surface area contributed by atoms with Gasteiger partial charge >= 0.3 is 0 Å². The molecular weight excluding hydrogens is 232 g/mol. The minimum atomic E-state index is 0.301. The van der Waals surface area contributed by atoms with Gasteiger partial charge in [-0.25, -0.2) is 0 Å². The average Bonchev–Trinajstić information content (AvgIpc) is 2.48. The van der Waals surface area contributed by atoms with Gasteiger partial charge in [0.2, 0.25) is 0 Å². The third kappa shape index (κ3) is 3.66. The minimum absolute atomic E-state index is 0.301. The first-order valence-corrected chi connectivity index (χ1v) is 6.79. The molecule has 0 heterocycles. The Labute approximate surface area is 115 Å². The highest BCUT2D eigenvalue weighted by Gasteiger charge is 2.08. The third-order valence-corrected chi connectivity index (χ3v) is 3.43. The monoisotopic (exact) mass is 254 g/mol. The molecule has 2 nitrogen and oxygen atoms in total. The van der Waals surface area contributed by atoms with Gasteiger partial charge in [-0.3, -0.25) is 5.32 Å². The van der Waals surface area contributed by atoms with E-state index in [0.717, 1.165) is 0 Å². The summed E-state index contributed by atoms with van der Waals surface area (Å²) in [7, 11) is 1.96. The van der Waals surface area contributed by atoms with E-state index in [1.54, 1.807) is 0 Å². The van der Waals surface area contributed by atoms with E-state index in [1.165, 1.54) is 16.7 Å². The molecule has 100 valence electrons. The van der Waals surface area contributed by atoms with Crippen LogP contribution < -0.4 is 10.6 Å². The van der Waals surface area contributed by atoms with Crippen molar-refractivity contribution in [3.63, 3.8) is 0 Å². The van der Waals surface area contributed by atoms with E-state index in [4.69, 9.17) is 0 Å². The number of benzene rings is 2. The molecule has 0 amide bonds. The summed E-state index contributed by atoms with van der Waals surface area (Å²) in [5, 5.41) is 6.71. The van der Waals surface area contributed by atoms with Crippen LogP contribution in [0, 0.1) is 0 Å². The first-order chi connectivity index (χ1) is 9.20. The fourth-order valence-corrected chi connectivity index (χ4v) is 2.17. The second kappa shape index (κ2) is 6.50. The second-order valence-corrected chi connectivity index (χ2v) is 4.89. The van der Waals surface area contributed by atoms with E-state index >= 15 is 0 Å². The van der Waals surface area contributed by atoms with Crippen molar-refractivity contribution in [2.75, 3.05) is 7.05 Å². The Balaban J connectivity index is 2.20. The second-order valence-electron chi connectivity index (χ2n) is 4.89. The van der Waals surface area contributed by atoms with E-state index in [2.05, 4.69) is 73.0 Å². The van der Waals surface area contributed by atoms with Gasteiger partial charge in [-0.2, -0.15) is 0 Å². The van der Waals surface area contributed by atoms with Crippen molar-refractivity contribution in [1.29, 1.82) is 0 Å². The van der Waals surface area contributed by atoms with Gasteiger partial charge in [-0.15, -0.1) is 0 Å². The maximum atomic E-state index is 3.51. The van der Waals surface area contributed by atoms with E-state index in [9.17, 15) is 0 Å². The number of hydrogen-bond acceptors (Lipinski definition) is 2. The van der Waals surface area contributed by atoms with Crippen molar-refractivity contribution < 1.29 is 0 Å². The van der Waals surface area contributed by atoms with Crippen LogP contribution in [0.4, 0.5) is 0 Å². The first-order valence-electron chi connectivity index (χ1n) is 6.79. The summed E-state index contributed by atoms with van der Waals surface area (Å²) < 4.78 is 0. The van der Waals surface area contributed by atoms with Crippen LogP contribution in [0.25, 0.3) is 11.1 Å². The van der Waals surface area contributed by atoms with E-state index in [0.29, 0.717) is 12.2 Å². The Hall–Kier alpha value is -1.64. The summed E-state index contributed by atoms with van der Waals surface area (Å²) in [5.41, 5.74) is 3.84. The van der Waals surface area contributed by atoms with Gasteiger partial charge in [0.15, 0.2) is 0 Å². The highest BCUT2D eigenvalue weighted by Crippen LogP contribution is 2.23. The molecule has 2 atom stereocenters. The predicted octanol–water partition coefficient (Wildman–Crippen LogP) is 3.57. The fraction of sp³-hybridized carbons (Fsp3) is 0.294. The third-order valence-electron chi connectivity index (χ3n) is 3.43. The lowest BCUT2D eigenvalue weighted by Gasteiger charge is -2.20. The smallest absolute Gasteiger partial charge is 0.0544 e. The van der Waals surface area contributed by atoms with Gasteiger partial charge in [-0.05, 0) is 43.7 Å². The zero-order valence-electron chi connectivity index (χ0n) is 11.9. The Bertz CT molecular complexity index is 508. The maximum absolute atomic E-state index is 3.51. The molecule has 0 aliphatic carbocycles. The Morgan fingerprint density at radius 3 is 2.21 bits per heavy atom. The van der Waals surface area contributed by atoms with Crippen LogP contribution in [0.3, 0.4) is 0 Å². The van der Waals surface area contributed by atoms with E-state index < -0.39 is 0 Å². The van der Waals surface area contributed by atoms with E-state index in [1.807, 2.05) is 13.1 Å². The van der Waals surface area contributed by atoms with Crippen LogP contribution in [-0.2, 0) is 0 Å². The lowest BCUT2D eigenvalue weighted by Crippen LogP contribution is -2.38. The minimum Gasteiger partial charge on any atom is -0.305 e. The van der Waals surface area contributed by atoms with Crippen LogP contribution >= 0.6 is 0 Å². The first kappa shape index (κ1) is 13.8. The number of rotatable bonds is 5. The Morgan fingerprint density at radius 2 is 1.53 bits per heavy atom. The van der Waals surface area contributed by atoms with Crippen molar-refractivity contribution in [3.8, 4) is 11.1 Å². The van der Waals surface area contributed by atoms with E-state index in [-0.39, 0.29) is 0 Å². The lowest BCUT2D eigenvalue weighted by molar-refractivity contribution is 0.436. The van der Waals surface area contributed by atoms with Crippen LogP contribution in [-0.4, -0.2) is 13.2 Å². The topological polar surface area (TPSA) is 24.1 Å². The largest absolute Gasteiger partial charge is 0.305 e. The molecule has 0 saturated carbocycles. The van der Waals surface area contributed by atoms with Gasteiger partial charge in [0.25, 0.3) is 0 Å². The molecule has 0 radical (unpaired) electrons. The summed E-state index contributed by atoms with van der Waals surface area (Å²) in [4.78, 5) is 0. The van der Waals surface area contributed by atoms with Crippen LogP contribution in [0.15, 0.2) is 54.6 Å². The molecule has 0 saturated heterocycles. The molecular formula is C17H22N2. The highest BCUT2D eigenvalue weighted by molar-refractivity contribution is 5.64. The number of hydrogen-bond donors (Lipinski definition) is 2. The van der Waals surface area contributed by atoms with Gasteiger partial charge in [-0.1, -0.05) is 48.5 Å².